The van der Waals surface area contributed by atoms with Crippen LogP contribution in [0.1, 0.15) is 68.9 Å². The second kappa shape index (κ2) is 15.7. The molecule has 1 atom stereocenters. The topological polar surface area (TPSA) is 93.7 Å². The minimum Gasteiger partial charge on any atom is -0.469 e. The fourth-order valence-corrected chi connectivity index (χ4v) is 6.02. The number of rotatable bonds is 13. The molecule has 2 amide bonds. The number of amides is 2. The Morgan fingerprint density at radius 3 is 2.22 bits per heavy atom. The van der Waals surface area contributed by atoms with E-state index in [0.29, 0.717) is 28.2 Å². The summed E-state index contributed by atoms with van der Waals surface area (Å²) in [6, 6.07) is 29.4. The Kier molecular flexibility index (Phi) is 11.8. The average molecular weight is 686 g/mol. The molecule has 2 N–H and O–H groups in total. The smallest absolute Gasteiger partial charge is 0.307 e. The predicted molar refractivity (Wildman–Crippen MR) is 186 cm³/mol. The molecule has 8 heteroatoms. The lowest BCUT2D eigenvalue weighted by Crippen LogP contribution is -2.31. The Bertz CT molecular complexity index is 1650. The molecule has 0 saturated heterocycles. The van der Waals surface area contributed by atoms with E-state index in [1.165, 1.54) is 7.11 Å². The Morgan fingerprint density at radius 2 is 1.54 bits per heavy atom. The van der Waals surface area contributed by atoms with Crippen LogP contribution in [0.3, 0.4) is 0 Å². The average Bonchev–Trinajstić information content (AvgIpc) is 3.01. The Balaban J connectivity index is 1.56. The maximum Gasteiger partial charge on any atom is 0.307 e. The Morgan fingerprint density at radius 1 is 0.870 bits per heavy atom. The van der Waals surface area contributed by atoms with Gasteiger partial charge >= 0.3 is 5.97 Å². The van der Waals surface area contributed by atoms with E-state index in [2.05, 4.69) is 54.3 Å². The van der Waals surface area contributed by atoms with Crippen molar-refractivity contribution in [2.75, 3.05) is 12.4 Å². The number of para-hydroxylation sites is 2. The second-order valence-electron chi connectivity index (χ2n) is 12.5. The molecule has 0 heterocycles. The first-order valence-electron chi connectivity index (χ1n) is 15.3. The van der Waals surface area contributed by atoms with Crippen LogP contribution in [0.4, 0.5) is 5.69 Å². The van der Waals surface area contributed by atoms with Crippen LogP contribution in [0.2, 0.25) is 0 Å². The summed E-state index contributed by atoms with van der Waals surface area (Å²) in [5.41, 5.74) is 3.02. The third-order valence-electron chi connectivity index (χ3n) is 7.49. The minimum atomic E-state index is -0.683. The molecule has 7 nitrogen and oxygen atoms in total. The zero-order chi connectivity index (χ0) is 33.3. The Labute approximate surface area is 279 Å². The normalized spacial score (nSPS) is 11.9. The molecule has 0 aromatic heterocycles. The summed E-state index contributed by atoms with van der Waals surface area (Å²) in [6.45, 7) is 8.40. The van der Waals surface area contributed by atoms with Crippen molar-refractivity contribution in [1.29, 1.82) is 0 Å². The van der Waals surface area contributed by atoms with E-state index in [-0.39, 0.29) is 23.3 Å². The second-order valence-corrected chi connectivity index (χ2v) is 13.4. The van der Waals surface area contributed by atoms with Gasteiger partial charge in [0.25, 0.3) is 5.91 Å². The number of halogens is 1. The van der Waals surface area contributed by atoms with Gasteiger partial charge in [-0.25, -0.2) is 0 Å². The molecule has 0 saturated carbocycles. The van der Waals surface area contributed by atoms with Gasteiger partial charge in [0.15, 0.2) is 0 Å². The quantitative estimate of drug-likeness (QED) is 0.137. The summed E-state index contributed by atoms with van der Waals surface area (Å²) in [6.07, 6.45) is 1.14. The van der Waals surface area contributed by atoms with Gasteiger partial charge in [-0.2, -0.15) is 0 Å². The van der Waals surface area contributed by atoms with Crippen molar-refractivity contribution < 1.29 is 23.9 Å². The zero-order valence-electron chi connectivity index (χ0n) is 26.9. The number of methoxy groups -OCH3 is 1. The molecule has 1 unspecified atom stereocenters. The number of benzene rings is 4. The number of anilines is 1. The van der Waals surface area contributed by atoms with Crippen molar-refractivity contribution in [3.05, 3.63) is 113 Å². The van der Waals surface area contributed by atoms with Gasteiger partial charge < -0.3 is 20.1 Å². The van der Waals surface area contributed by atoms with Gasteiger partial charge in [0, 0.05) is 16.5 Å². The van der Waals surface area contributed by atoms with Crippen LogP contribution in [0.25, 0.3) is 11.1 Å². The number of hydrogen-bond acceptors (Lipinski definition) is 5. The highest BCUT2D eigenvalue weighted by molar-refractivity contribution is 9.10. The van der Waals surface area contributed by atoms with Crippen molar-refractivity contribution in [3.63, 3.8) is 0 Å². The summed E-state index contributed by atoms with van der Waals surface area (Å²) in [5, 5.41) is 5.93. The summed E-state index contributed by atoms with van der Waals surface area (Å²) >= 11 is 3.45. The van der Waals surface area contributed by atoms with Gasteiger partial charge in [-0.15, -0.1) is 0 Å². The largest absolute Gasteiger partial charge is 0.469 e. The molecule has 0 bridgehead atoms. The minimum absolute atomic E-state index is 0.0750. The van der Waals surface area contributed by atoms with Gasteiger partial charge in [0.05, 0.1) is 30.8 Å². The van der Waals surface area contributed by atoms with Crippen LogP contribution < -0.4 is 15.4 Å². The van der Waals surface area contributed by atoms with E-state index >= 15 is 0 Å². The van der Waals surface area contributed by atoms with Gasteiger partial charge in [0.1, 0.15) is 11.5 Å². The lowest BCUT2D eigenvalue weighted by atomic mass is 9.81. The molecule has 0 radical (unpaired) electrons. The number of carbonyl (C=O) groups excluding carboxylic acids is 3. The van der Waals surface area contributed by atoms with Crippen LogP contribution in [-0.4, -0.2) is 24.9 Å². The van der Waals surface area contributed by atoms with Gasteiger partial charge in [-0.05, 0) is 65.3 Å². The molecule has 240 valence electrons. The molecule has 4 aromatic rings. The lowest BCUT2D eigenvalue weighted by Gasteiger charge is -2.26. The third-order valence-corrected chi connectivity index (χ3v) is 7.98. The number of nitrogens with one attached hydrogen (secondary N) is 2. The molecule has 0 aliphatic rings. The van der Waals surface area contributed by atoms with Crippen molar-refractivity contribution in [2.24, 2.45) is 11.3 Å². The number of ether oxygens (including phenoxy) is 2. The first-order valence-corrected chi connectivity index (χ1v) is 16.1. The monoisotopic (exact) mass is 684 g/mol. The summed E-state index contributed by atoms with van der Waals surface area (Å²) in [7, 11) is 1.32. The number of esters is 1. The standard InChI is InChI=1S/C38H41BrN2O5/c1-25(2)23-38(3,4)24-35(42)40-32-20-19-28(39)21-31(32)37(44)41-33(22-36(43)45-5)27-17-15-26(16-18-27)30-13-9-10-14-34(30)46-29-11-7-6-8-12-29/h6-21,25,33H,22-24H2,1-5H3,(H,40,42)(H,41,44). The molecule has 0 aliphatic heterocycles. The lowest BCUT2D eigenvalue weighted by molar-refractivity contribution is -0.141. The zero-order valence-corrected chi connectivity index (χ0v) is 28.5. The molecule has 0 fully saturated rings. The van der Waals surface area contributed by atoms with Crippen LogP contribution in [0.15, 0.2) is 102 Å². The van der Waals surface area contributed by atoms with E-state index < -0.39 is 17.9 Å². The van der Waals surface area contributed by atoms with E-state index in [0.717, 1.165) is 28.9 Å². The van der Waals surface area contributed by atoms with Crippen LogP contribution in [0, 0.1) is 11.3 Å². The fraction of sp³-hybridized carbons (Fsp3) is 0.289. The van der Waals surface area contributed by atoms with Crippen molar-refractivity contribution in [2.45, 2.75) is 53.0 Å². The van der Waals surface area contributed by atoms with E-state index in [9.17, 15) is 14.4 Å². The molecule has 4 rings (SSSR count). The maximum atomic E-state index is 13.7. The van der Waals surface area contributed by atoms with Crippen molar-refractivity contribution in [1.82, 2.24) is 5.32 Å². The molecular weight excluding hydrogens is 644 g/mol. The van der Waals surface area contributed by atoms with Crippen LogP contribution in [-0.2, 0) is 14.3 Å². The highest BCUT2D eigenvalue weighted by atomic mass is 79.9. The fourth-order valence-electron chi connectivity index (χ4n) is 5.66. The highest BCUT2D eigenvalue weighted by Crippen LogP contribution is 2.34. The Hall–Kier alpha value is -4.43. The third kappa shape index (κ3) is 9.78. The van der Waals surface area contributed by atoms with E-state index in [1.54, 1.807) is 18.2 Å². The predicted octanol–water partition coefficient (Wildman–Crippen LogP) is 9.34. The number of carbonyl (C=O) groups is 3. The highest BCUT2D eigenvalue weighted by Gasteiger charge is 2.26. The molecule has 0 aliphatic carbocycles. The van der Waals surface area contributed by atoms with E-state index in [1.807, 2.05) is 78.9 Å². The van der Waals surface area contributed by atoms with Crippen LogP contribution >= 0.6 is 15.9 Å². The van der Waals surface area contributed by atoms with Crippen LogP contribution in [0.5, 0.6) is 11.5 Å². The number of hydrogen-bond donors (Lipinski definition) is 2. The van der Waals surface area contributed by atoms with Crippen molar-refractivity contribution >= 4 is 39.4 Å². The summed E-state index contributed by atoms with van der Waals surface area (Å²) in [4.78, 5) is 39.2. The first-order chi connectivity index (χ1) is 21.9. The van der Waals surface area contributed by atoms with E-state index in [4.69, 9.17) is 9.47 Å². The van der Waals surface area contributed by atoms with Gasteiger partial charge in [-0.3, -0.25) is 14.4 Å². The summed E-state index contributed by atoms with van der Waals surface area (Å²) in [5.74, 6) is 0.825. The van der Waals surface area contributed by atoms with Crippen molar-refractivity contribution in [3.8, 4) is 22.6 Å². The molecular formula is C38H41BrN2O5. The first kappa shape index (κ1) is 34.4. The van der Waals surface area contributed by atoms with Gasteiger partial charge in [0.2, 0.25) is 5.91 Å². The molecule has 46 heavy (non-hydrogen) atoms. The maximum absolute atomic E-state index is 13.7. The molecule has 0 spiro atoms. The molecule has 4 aromatic carbocycles. The van der Waals surface area contributed by atoms with Gasteiger partial charge in [-0.1, -0.05) is 104 Å². The summed E-state index contributed by atoms with van der Waals surface area (Å²) < 4.78 is 11.8. The SMILES string of the molecule is COC(=O)CC(NC(=O)c1cc(Br)ccc1NC(=O)CC(C)(C)CC(C)C)c1ccc(-c2ccccc2Oc2ccccc2)cc1.